The number of amides is 3. The number of nitrogens with zero attached hydrogens (tertiary/aromatic N) is 1. The van der Waals surface area contributed by atoms with Crippen molar-refractivity contribution in [3.8, 4) is 0 Å². The molecule has 7 heteroatoms. The smallest absolute Gasteiger partial charge is 0.247 e. The highest BCUT2D eigenvalue weighted by atomic mass is 79.9. The Balaban J connectivity index is 1.61. The van der Waals surface area contributed by atoms with E-state index in [1.165, 1.54) is 4.90 Å². The molecule has 1 heterocycles. The van der Waals surface area contributed by atoms with E-state index in [-0.39, 0.29) is 57.0 Å². The van der Waals surface area contributed by atoms with E-state index in [1.807, 2.05) is 45.0 Å². The molecule has 2 bridgehead atoms. The topological polar surface area (TPSA) is 66.5 Å². The van der Waals surface area contributed by atoms with Gasteiger partial charge in [0.05, 0.1) is 11.8 Å². The number of alkyl halides is 2. The van der Waals surface area contributed by atoms with Crippen molar-refractivity contribution in [2.24, 2.45) is 29.6 Å². The van der Waals surface area contributed by atoms with Gasteiger partial charge in [0.15, 0.2) is 0 Å². The van der Waals surface area contributed by atoms with Gasteiger partial charge in [-0.3, -0.25) is 19.3 Å². The lowest BCUT2D eigenvalue weighted by Crippen LogP contribution is -2.49. The van der Waals surface area contributed by atoms with Gasteiger partial charge in [-0.1, -0.05) is 57.8 Å². The fraction of sp³-hybridized carbons (Fsp3) is 0.591. The van der Waals surface area contributed by atoms with Crippen molar-refractivity contribution in [3.05, 3.63) is 29.8 Å². The Bertz CT molecular complexity index is 826. The minimum Gasteiger partial charge on any atom is -0.324 e. The second kappa shape index (κ2) is 7.80. The van der Waals surface area contributed by atoms with Crippen molar-refractivity contribution in [1.29, 1.82) is 0 Å². The third kappa shape index (κ3) is 3.48. The number of hydrogen-bond acceptors (Lipinski definition) is 3. The zero-order valence-corrected chi connectivity index (χ0v) is 19.9. The molecule has 2 saturated carbocycles. The van der Waals surface area contributed by atoms with Gasteiger partial charge in [0.2, 0.25) is 17.7 Å². The number of carbonyl (C=O) groups excluding carboxylic acids is 3. The van der Waals surface area contributed by atoms with E-state index < -0.39 is 6.04 Å². The molecule has 7 atom stereocenters. The summed E-state index contributed by atoms with van der Waals surface area (Å²) in [6.07, 6.45) is 1.34. The van der Waals surface area contributed by atoms with Crippen molar-refractivity contribution >= 4 is 55.3 Å². The number of aryl methyl sites for hydroxylation is 1. The fourth-order valence-corrected chi connectivity index (χ4v) is 7.28. The highest BCUT2D eigenvalue weighted by molar-refractivity contribution is 9.12. The maximum absolute atomic E-state index is 13.4. The lowest BCUT2D eigenvalue weighted by molar-refractivity contribution is -0.147. The van der Waals surface area contributed by atoms with E-state index in [9.17, 15) is 14.4 Å². The molecule has 156 valence electrons. The molecule has 0 aromatic heterocycles. The summed E-state index contributed by atoms with van der Waals surface area (Å²) < 4.78 is 0. The lowest BCUT2D eigenvalue weighted by atomic mass is 9.81. The zero-order valence-electron chi connectivity index (χ0n) is 16.8. The molecule has 3 fully saturated rings. The molecule has 3 amide bonds. The normalized spacial score (nSPS) is 34.1. The Morgan fingerprint density at radius 2 is 1.72 bits per heavy atom. The van der Waals surface area contributed by atoms with Gasteiger partial charge in [-0.2, -0.15) is 0 Å². The lowest BCUT2D eigenvalue weighted by Gasteiger charge is -2.28. The first kappa shape index (κ1) is 21.0. The highest BCUT2D eigenvalue weighted by Gasteiger charge is 2.67. The van der Waals surface area contributed by atoms with Gasteiger partial charge in [-0.25, -0.2) is 0 Å². The van der Waals surface area contributed by atoms with Crippen molar-refractivity contribution in [1.82, 2.24) is 4.90 Å². The quantitative estimate of drug-likeness (QED) is 0.464. The average molecular weight is 526 g/mol. The molecule has 4 rings (SSSR count). The summed E-state index contributed by atoms with van der Waals surface area (Å²) in [5, 5.41) is 2.92. The van der Waals surface area contributed by atoms with Gasteiger partial charge < -0.3 is 5.32 Å². The second-order valence-electron chi connectivity index (χ2n) is 9.05. The van der Waals surface area contributed by atoms with Crippen LogP contribution in [0.3, 0.4) is 0 Å². The minimum atomic E-state index is -0.775. The summed E-state index contributed by atoms with van der Waals surface area (Å²) in [4.78, 5) is 41.6. The molecule has 29 heavy (non-hydrogen) atoms. The van der Waals surface area contributed by atoms with Crippen LogP contribution in [0, 0.1) is 36.5 Å². The predicted octanol–water partition coefficient (Wildman–Crippen LogP) is 4.13. The van der Waals surface area contributed by atoms with Crippen molar-refractivity contribution in [2.45, 2.75) is 49.3 Å². The first-order valence-electron chi connectivity index (χ1n) is 10.2. The molecule has 1 aromatic carbocycles. The van der Waals surface area contributed by atoms with Crippen LogP contribution in [-0.2, 0) is 14.4 Å². The maximum atomic E-state index is 13.4. The standard InChI is InChI=1S/C22H26Br2N2O3/c1-10(2)7-15(20(27)25-12-6-4-5-11(3)8-12)26-21(28)16-13-9-14(17(16)22(26)29)19(24)18(13)23/h4-6,8,10,13-19H,7,9H2,1-3H3,(H,25,27)/t13-,14-,15+,16-,17+,18+,19+/m1/s1. The molecular formula is C22H26Br2N2O3. The number of fused-ring (bicyclic) bond motifs is 5. The first-order chi connectivity index (χ1) is 13.7. The number of halogens is 2. The van der Waals surface area contributed by atoms with E-state index in [4.69, 9.17) is 0 Å². The second-order valence-corrected chi connectivity index (χ2v) is 11.2. The van der Waals surface area contributed by atoms with Gasteiger partial charge in [0.25, 0.3) is 0 Å². The van der Waals surface area contributed by atoms with Crippen LogP contribution in [0.4, 0.5) is 5.69 Å². The number of imide groups is 1. The molecule has 3 aliphatic rings. The Labute approximate surface area is 188 Å². The third-order valence-corrected chi connectivity index (χ3v) is 9.82. The summed E-state index contributed by atoms with van der Waals surface area (Å²) in [6.45, 7) is 5.97. The summed E-state index contributed by atoms with van der Waals surface area (Å²) >= 11 is 7.43. The van der Waals surface area contributed by atoms with Crippen molar-refractivity contribution in [3.63, 3.8) is 0 Å². The predicted molar refractivity (Wildman–Crippen MR) is 119 cm³/mol. The average Bonchev–Trinajstić information content (AvgIpc) is 3.25. The third-order valence-electron chi connectivity index (χ3n) is 6.62. The van der Waals surface area contributed by atoms with Crippen LogP contribution in [0.15, 0.2) is 24.3 Å². The Morgan fingerprint density at radius 3 is 2.24 bits per heavy atom. The number of anilines is 1. The van der Waals surface area contributed by atoms with Gasteiger partial charge in [0, 0.05) is 15.3 Å². The van der Waals surface area contributed by atoms with Crippen LogP contribution in [0.5, 0.6) is 0 Å². The largest absolute Gasteiger partial charge is 0.324 e. The summed E-state index contributed by atoms with van der Waals surface area (Å²) in [7, 11) is 0. The SMILES string of the molecule is Cc1cccc(NC(=O)[C@H](CC(C)C)N2C(=O)[C@@H]3[C@H]4C[C@@H]([C@H](Br)[C@H]4Br)[C@@H]3C2=O)c1. The molecular weight excluding hydrogens is 500 g/mol. The maximum Gasteiger partial charge on any atom is 0.247 e. The van der Waals surface area contributed by atoms with E-state index in [1.54, 1.807) is 0 Å². The Kier molecular flexibility index (Phi) is 5.66. The summed E-state index contributed by atoms with van der Waals surface area (Å²) in [6, 6.07) is 6.77. The van der Waals surface area contributed by atoms with E-state index >= 15 is 0 Å². The van der Waals surface area contributed by atoms with Gasteiger partial charge in [0.1, 0.15) is 6.04 Å². The summed E-state index contributed by atoms with van der Waals surface area (Å²) in [5.74, 6) is -0.745. The fourth-order valence-electron chi connectivity index (χ4n) is 5.40. The molecule has 2 aliphatic carbocycles. The van der Waals surface area contributed by atoms with E-state index in [0.717, 1.165) is 12.0 Å². The van der Waals surface area contributed by atoms with Crippen molar-refractivity contribution in [2.75, 3.05) is 5.32 Å². The van der Waals surface area contributed by atoms with E-state index in [0.29, 0.717) is 12.1 Å². The Hall–Kier alpha value is -1.21. The minimum absolute atomic E-state index is 0.148. The van der Waals surface area contributed by atoms with Gasteiger partial charge in [-0.05, 0) is 55.2 Å². The molecule has 0 radical (unpaired) electrons. The van der Waals surface area contributed by atoms with Crippen LogP contribution >= 0.6 is 31.9 Å². The molecule has 5 nitrogen and oxygen atoms in total. The highest BCUT2D eigenvalue weighted by Crippen LogP contribution is 2.60. The first-order valence-corrected chi connectivity index (χ1v) is 12.1. The molecule has 1 saturated heterocycles. The Morgan fingerprint density at radius 1 is 1.14 bits per heavy atom. The molecule has 0 spiro atoms. The molecule has 1 aliphatic heterocycles. The van der Waals surface area contributed by atoms with Crippen LogP contribution in [-0.4, -0.2) is 38.3 Å². The number of nitrogens with one attached hydrogen (secondary N) is 1. The van der Waals surface area contributed by atoms with Crippen LogP contribution in [0.1, 0.15) is 32.3 Å². The monoisotopic (exact) mass is 524 g/mol. The summed E-state index contributed by atoms with van der Waals surface area (Å²) in [5.41, 5.74) is 1.72. The van der Waals surface area contributed by atoms with Crippen LogP contribution in [0.25, 0.3) is 0 Å². The number of hydrogen-bond donors (Lipinski definition) is 1. The van der Waals surface area contributed by atoms with Gasteiger partial charge in [-0.15, -0.1) is 0 Å². The number of likely N-dealkylation sites (tertiary alicyclic amines) is 1. The van der Waals surface area contributed by atoms with Crippen LogP contribution in [0.2, 0.25) is 0 Å². The number of rotatable bonds is 5. The van der Waals surface area contributed by atoms with Crippen molar-refractivity contribution < 1.29 is 14.4 Å². The van der Waals surface area contributed by atoms with Gasteiger partial charge >= 0.3 is 0 Å². The molecule has 1 N–H and O–H groups in total. The zero-order chi connectivity index (χ0) is 21.0. The number of carbonyl (C=O) groups is 3. The molecule has 1 aromatic rings. The van der Waals surface area contributed by atoms with E-state index in [2.05, 4.69) is 37.2 Å². The molecule has 0 unspecified atom stereocenters. The number of benzene rings is 1. The van der Waals surface area contributed by atoms with Crippen LogP contribution < -0.4 is 5.32 Å².